The number of nitrogens with one attached hydrogen (secondary N) is 1. The van der Waals surface area contributed by atoms with Crippen molar-refractivity contribution in [2.45, 2.75) is 78.8 Å². The third-order valence-electron chi connectivity index (χ3n) is 5.78. The SMILES string of the molecule is CC[C@H](C(=O)NCC(C)C)N(Cc1ccc(F)cc1)C(=O)CCc1ccc(C(C)(C)C)cc1. The van der Waals surface area contributed by atoms with Crippen LogP contribution in [0, 0.1) is 11.7 Å². The number of amides is 2. The maximum Gasteiger partial charge on any atom is 0.242 e. The summed E-state index contributed by atoms with van der Waals surface area (Å²) < 4.78 is 13.4. The third kappa shape index (κ3) is 8.30. The average molecular weight is 455 g/mol. The van der Waals surface area contributed by atoms with Gasteiger partial charge in [-0.3, -0.25) is 9.59 Å². The topological polar surface area (TPSA) is 49.4 Å². The van der Waals surface area contributed by atoms with Crippen molar-refractivity contribution in [3.05, 3.63) is 71.0 Å². The Labute approximate surface area is 198 Å². The second-order valence-corrected chi connectivity index (χ2v) is 10.2. The van der Waals surface area contributed by atoms with Gasteiger partial charge in [0.05, 0.1) is 0 Å². The van der Waals surface area contributed by atoms with Crippen LogP contribution in [0.5, 0.6) is 0 Å². The van der Waals surface area contributed by atoms with E-state index >= 15 is 0 Å². The summed E-state index contributed by atoms with van der Waals surface area (Å²) in [6, 6.07) is 13.9. The fraction of sp³-hybridized carbons (Fsp3) is 0.500. The average Bonchev–Trinajstić information content (AvgIpc) is 2.76. The molecule has 0 unspecified atom stereocenters. The number of nitrogens with zero attached hydrogens (tertiary/aromatic N) is 1. The molecule has 0 saturated heterocycles. The van der Waals surface area contributed by atoms with Crippen molar-refractivity contribution in [1.82, 2.24) is 10.2 Å². The fourth-order valence-corrected chi connectivity index (χ4v) is 3.69. The van der Waals surface area contributed by atoms with E-state index in [1.807, 2.05) is 20.8 Å². The molecule has 0 bridgehead atoms. The molecule has 0 aliphatic rings. The van der Waals surface area contributed by atoms with Gasteiger partial charge < -0.3 is 10.2 Å². The van der Waals surface area contributed by atoms with Gasteiger partial charge >= 0.3 is 0 Å². The second-order valence-electron chi connectivity index (χ2n) is 10.2. The molecule has 5 heteroatoms. The molecule has 2 aromatic rings. The Morgan fingerprint density at radius 3 is 2.06 bits per heavy atom. The first-order chi connectivity index (χ1) is 15.5. The summed E-state index contributed by atoms with van der Waals surface area (Å²) in [6.07, 6.45) is 1.42. The summed E-state index contributed by atoms with van der Waals surface area (Å²) in [5.74, 6) is -0.220. The van der Waals surface area contributed by atoms with Crippen molar-refractivity contribution >= 4 is 11.8 Å². The van der Waals surface area contributed by atoms with Gasteiger partial charge in [-0.05, 0) is 53.0 Å². The monoisotopic (exact) mass is 454 g/mol. The van der Waals surface area contributed by atoms with Crippen molar-refractivity contribution < 1.29 is 14.0 Å². The Kier molecular flexibility index (Phi) is 9.63. The Balaban J connectivity index is 2.17. The number of benzene rings is 2. The van der Waals surface area contributed by atoms with Crippen LogP contribution in [-0.4, -0.2) is 29.3 Å². The first-order valence-corrected chi connectivity index (χ1v) is 11.9. The molecule has 0 aromatic heterocycles. The van der Waals surface area contributed by atoms with E-state index in [1.54, 1.807) is 17.0 Å². The van der Waals surface area contributed by atoms with Crippen molar-refractivity contribution in [3.63, 3.8) is 0 Å². The van der Waals surface area contributed by atoms with E-state index in [9.17, 15) is 14.0 Å². The van der Waals surface area contributed by atoms with E-state index in [2.05, 4.69) is 50.4 Å². The van der Waals surface area contributed by atoms with E-state index in [1.165, 1.54) is 17.7 Å². The molecule has 33 heavy (non-hydrogen) atoms. The molecular weight excluding hydrogens is 415 g/mol. The Bertz CT molecular complexity index is 899. The zero-order valence-electron chi connectivity index (χ0n) is 21.0. The normalized spacial score (nSPS) is 12.5. The molecule has 180 valence electrons. The van der Waals surface area contributed by atoms with Gasteiger partial charge in [0.25, 0.3) is 0 Å². The molecule has 1 atom stereocenters. The number of halogens is 1. The van der Waals surface area contributed by atoms with Gasteiger partial charge in [0.1, 0.15) is 11.9 Å². The molecule has 2 rings (SSSR count). The zero-order chi connectivity index (χ0) is 24.6. The van der Waals surface area contributed by atoms with Gasteiger partial charge in [0.15, 0.2) is 0 Å². The molecule has 0 fully saturated rings. The summed E-state index contributed by atoms with van der Waals surface area (Å²) >= 11 is 0. The van der Waals surface area contributed by atoms with Crippen LogP contribution >= 0.6 is 0 Å². The number of aryl methyl sites for hydroxylation is 1. The zero-order valence-corrected chi connectivity index (χ0v) is 21.0. The standard InChI is InChI=1S/C28H39FN2O2/c1-7-25(27(33)30-18-20(2)3)31(19-22-10-15-24(29)16-11-22)26(32)17-12-21-8-13-23(14-9-21)28(4,5)6/h8-11,13-16,20,25H,7,12,17-19H2,1-6H3,(H,30,33)/t25-/m1/s1. The van der Waals surface area contributed by atoms with Gasteiger partial charge in [-0.1, -0.05) is 77.9 Å². The predicted molar refractivity (Wildman–Crippen MR) is 132 cm³/mol. The highest BCUT2D eigenvalue weighted by atomic mass is 19.1. The minimum absolute atomic E-state index is 0.0780. The van der Waals surface area contributed by atoms with Crippen LogP contribution in [0.25, 0.3) is 0 Å². The van der Waals surface area contributed by atoms with Gasteiger partial charge in [-0.15, -0.1) is 0 Å². The van der Waals surface area contributed by atoms with Crippen molar-refractivity contribution in [2.75, 3.05) is 6.54 Å². The number of hydrogen-bond donors (Lipinski definition) is 1. The van der Waals surface area contributed by atoms with E-state index in [0.717, 1.165) is 11.1 Å². The van der Waals surface area contributed by atoms with Crippen LogP contribution in [0.3, 0.4) is 0 Å². The number of hydrogen-bond acceptors (Lipinski definition) is 2. The summed E-state index contributed by atoms with van der Waals surface area (Å²) in [5, 5.41) is 2.96. The molecule has 2 aromatic carbocycles. The van der Waals surface area contributed by atoms with Crippen LogP contribution < -0.4 is 5.32 Å². The molecule has 0 radical (unpaired) electrons. The van der Waals surface area contributed by atoms with Crippen molar-refractivity contribution in [1.29, 1.82) is 0 Å². The van der Waals surface area contributed by atoms with Crippen LogP contribution in [0.2, 0.25) is 0 Å². The summed E-state index contributed by atoms with van der Waals surface area (Å²) in [7, 11) is 0. The van der Waals surface area contributed by atoms with E-state index in [-0.39, 0.29) is 29.6 Å². The molecule has 0 saturated carbocycles. The van der Waals surface area contributed by atoms with E-state index in [4.69, 9.17) is 0 Å². The summed E-state index contributed by atoms with van der Waals surface area (Å²) in [6.45, 7) is 13.3. The second kappa shape index (κ2) is 12.0. The Hall–Kier alpha value is -2.69. The molecular formula is C28H39FN2O2. The molecule has 0 aliphatic carbocycles. The molecule has 0 aliphatic heterocycles. The van der Waals surface area contributed by atoms with Crippen LogP contribution in [0.15, 0.2) is 48.5 Å². The quantitative estimate of drug-likeness (QED) is 0.505. The Morgan fingerprint density at radius 2 is 1.55 bits per heavy atom. The molecule has 0 heterocycles. The minimum atomic E-state index is -0.565. The van der Waals surface area contributed by atoms with Crippen LogP contribution in [0.1, 0.15) is 71.1 Å². The first-order valence-electron chi connectivity index (χ1n) is 11.9. The van der Waals surface area contributed by atoms with E-state index in [0.29, 0.717) is 31.7 Å². The number of carbonyl (C=O) groups is 2. The van der Waals surface area contributed by atoms with Crippen molar-refractivity contribution in [3.8, 4) is 0 Å². The third-order valence-corrected chi connectivity index (χ3v) is 5.78. The molecule has 4 nitrogen and oxygen atoms in total. The maximum absolute atomic E-state index is 13.4. The fourth-order valence-electron chi connectivity index (χ4n) is 3.69. The van der Waals surface area contributed by atoms with Gasteiger partial charge in [0, 0.05) is 19.5 Å². The molecule has 1 N–H and O–H groups in total. The highest BCUT2D eigenvalue weighted by molar-refractivity contribution is 5.87. The largest absolute Gasteiger partial charge is 0.354 e. The highest BCUT2D eigenvalue weighted by Crippen LogP contribution is 2.23. The van der Waals surface area contributed by atoms with Crippen LogP contribution in [-0.2, 0) is 28.0 Å². The predicted octanol–water partition coefficient (Wildman–Crippen LogP) is 5.64. The van der Waals surface area contributed by atoms with Gasteiger partial charge in [-0.25, -0.2) is 4.39 Å². The number of rotatable bonds is 10. The van der Waals surface area contributed by atoms with Crippen LogP contribution in [0.4, 0.5) is 4.39 Å². The lowest BCUT2D eigenvalue weighted by Gasteiger charge is -2.31. The van der Waals surface area contributed by atoms with Gasteiger partial charge in [-0.2, -0.15) is 0 Å². The highest BCUT2D eigenvalue weighted by Gasteiger charge is 2.28. The summed E-state index contributed by atoms with van der Waals surface area (Å²) in [4.78, 5) is 27.9. The maximum atomic E-state index is 13.4. The lowest BCUT2D eigenvalue weighted by molar-refractivity contribution is -0.141. The Morgan fingerprint density at radius 1 is 0.970 bits per heavy atom. The number of carbonyl (C=O) groups excluding carboxylic acids is 2. The first kappa shape index (κ1) is 26.6. The smallest absolute Gasteiger partial charge is 0.242 e. The molecule has 2 amide bonds. The van der Waals surface area contributed by atoms with Crippen molar-refractivity contribution in [2.24, 2.45) is 5.92 Å². The minimum Gasteiger partial charge on any atom is -0.354 e. The molecule has 0 spiro atoms. The summed E-state index contributed by atoms with van der Waals surface area (Å²) in [5.41, 5.74) is 3.23. The lowest BCUT2D eigenvalue weighted by atomic mass is 9.86. The lowest BCUT2D eigenvalue weighted by Crippen LogP contribution is -2.49. The van der Waals surface area contributed by atoms with E-state index < -0.39 is 6.04 Å². The van der Waals surface area contributed by atoms with Gasteiger partial charge in [0.2, 0.25) is 11.8 Å².